The summed E-state index contributed by atoms with van der Waals surface area (Å²) in [5.74, 6) is -0.253. The highest BCUT2D eigenvalue weighted by Gasteiger charge is 2.02. The maximum Gasteiger partial charge on any atom is 0.264 e. The van der Waals surface area contributed by atoms with E-state index in [0.717, 1.165) is 23.5 Å². The van der Waals surface area contributed by atoms with E-state index in [1.807, 2.05) is 0 Å². The number of alkyl halides is 2. The lowest BCUT2D eigenvalue weighted by Crippen LogP contribution is -2.03. The van der Waals surface area contributed by atoms with Crippen molar-refractivity contribution in [3.8, 4) is 0 Å². The molecular formula is C8H18Br2MgO6S2. The van der Waals surface area contributed by atoms with Gasteiger partial charge in [-0.05, 0) is 25.7 Å². The Morgan fingerprint density at radius 1 is 0.684 bits per heavy atom. The van der Waals surface area contributed by atoms with E-state index in [9.17, 15) is 16.8 Å². The minimum atomic E-state index is -3.72. The van der Waals surface area contributed by atoms with Crippen molar-refractivity contribution in [2.45, 2.75) is 25.7 Å². The SMILES string of the molecule is O=S(=O)(O)CCCCBr.O=S(=O)(O)CCCCBr.[Mg]. The molecule has 0 atom stereocenters. The molecule has 0 spiro atoms. The van der Waals surface area contributed by atoms with Crippen LogP contribution in [0.2, 0.25) is 0 Å². The lowest BCUT2D eigenvalue weighted by molar-refractivity contribution is 0.478. The van der Waals surface area contributed by atoms with Crippen molar-refractivity contribution in [3.05, 3.63) is 0 Å². The van der Waals surface area contributed by atoms with Gasteiger partial charge in [-0.3, -0.25) is 9.11 Å². The molecule has 11 heteroatoms. The van der Waals surface area contributed by atoms with Crippen LogP contribution in [0.25, 0.3) is 0 Å². The van der Waals surface area contributed by atoms with Gasteiger partial charge in [0.15, 0.2) is 0 Å². The minimum absolute atomic E-state index is 0. The molecule has 0 rings (SSSR count). The van der Waals surface area contributed by atoms with Crippen LogP contribution in [0, 0.1) is 0 Å². The first-order valence-electron chi connectivity index (χ1n) is 5.14. The van der Waals surface area contributed by atoms with Crippen LogP contribution in [-0.2, 0) is 20.2 Å². The topological polar surface area (TPSA) is 109 Å². The molecule has 2 radical (unpaired) electrons. The predicted octanol–water partition coefficient (Wildman–Crippen LogP) is 1.72. The maximum atomic E-state index is 10.0. The Kier molecular flexibility index (Phi) is 19.4. The maximum absolute atomic E-state index is 10.0. The molecule has 0 amide bonds. The Labute approximate surface area is 148 Å². The Bertz CT molecular complexity index is 346. The van der Waals surface area contributed by atoms with Crippen LogP contribution in [0.5, 0.6) is 0 Å². The van der Waals surface area contributed by atoms with E-state index in [1.165, 1.54) is 0 Å². The minimum Gasteiger partial charge on any atom is -0.286 e. The summed E-state index contributed by atoms with van der Waals surface area (Å²) in [4.78, 5) is 0. The number of halogens is 2. The first kappa shape index (κ1) is 25.5. The van der Waals surface area contributed by atoms with Crippen molar-refractivity contribution >= 4 is 75.1 Å². The fraction of sp³-hybridized carbons (Fsp3) is 1.00. The number of rotatable bonds is 8. The van der Waals surface area contributed by atoms with E-state index < -0.39 is 20.2 Å². The molecule has 0 aliphatic carbocycles. The van der Waals surface area contributed by atoms with Crippen molar-refractivity contribution in [2.75, 3.05) is 22.2 Å². The molecule has 6 nitrogen and oxygen atoms in total. The first-order valence-corrected chi connectivity index (χ1v) is 10.6. The van der Waals surface area contributed by atoms with E-state index in [0.29, 0.717) is 12.8 Å². The highest BCUT2D eigenvalue weighted by atomic mass is 79.9. The van der Waals surface area contributed by atoms with E-state index in [4.69, 9.17) is 9.11 Å². The highest BCUT2D eigenvalue weighted by molar-refractivity contribution is 9.09. The third-order valence-corrected chi connectivity index (χ3v) is 4.30. The summed E-state index contributed by atoms with van der Waals surface area (Å²) < 4.78 is 56.6. The Morgan fingerprint density at radius 3 is 1.11 bits per heavy atom. The van der Waals surface area contributed by atoms with Crippen LogP contribution in [0.1, 0.15) is 25.7 Å². The second-order valence-electron chi connectivity index (χ2n) is 3.36. The van der Waals surface area contributed by atoms with Gasteiger partial charge >= 0.3 is 0 Å². The Balaban J connectivity index is -0.000000256. The number of hydrogen-bond acceptors (Lipinski definition) is 4. The summed E-state index contributed by atoms with van der Waals surface area (Å²) >= 11 is 6.28. The van der Waals surface area contributed by atoms with Gasteiger partial charge in [0, 0.05) is 33.7 Å². The van der Waals surface area contributed by atoms with Gasteiger partial charge in [-0.2, -0.15) is 16.8 Å². The van der Waals surface area contributed by atoms with Crippen molar-refractivity contribution in [3.63, 3.8) is 0 Å². The molecule has 0 unspecified atom stereocenters. The van der Waals surface area contributed by atoms with Gasteiger partial charge in [-0.1, -0.05) is 31.9 Å². The zero-order valence-electron chi connectivity index (χ0n) is 10.5. The summed E-state index contributed by atoms with van der Waals surface area (Å²) in [6, 6.07) is 0. The third kappa shape index (κ3) is 32.8. The molecule has 19 heavy (non-hydrogen) atoms. The molecule has 0 saturated heterocycles. The summed E-state index contributed by atoms with van der Waals surface area (Å²) in [7, 11) is -7.43. The van der Waals surface area contributed by atoms with Crippen LogP contribution < -0.4 is 0 Å². The molecular weight excluding hydrogens is 440 g/mol. The van der Waals surface area contributed by atoms with Gasteiger partial charge in [0.25, 0.3) is 20.2 Å². The van der Waals surface area contributed by atoms with Crippen molar-refractivity contribution in [1.29, 1.82) is 0 Å². The standard InChI is InChI=1S/2C4H9BrO3S.Mg/c2*5-3-1-2-4-9(6,7)8;/h2*1-4H2,(H,6,7,8);. The highest BCUT2D eigenvalue weighted by Crippen LogP contribution is 1.96. The number of unbranched alkanes of at least 4 members (excludes halogenated alkanes) is 2. The van der Waals surface area contributed by atoms with Crippen LogP contribution in [0.3, 0.4) is 0 Å². The Morgan fingerprint density at radius 2 is 0.947 bits per heavy atom. The van der Waals surface area contributed by atoms with Crippen molar-refractivity contribution < 1.29 is 25.9 Å². The smallest absolute Gasteiger partial charge is 0.264 e. The summed E-state index contributed by atoms with van der Waals surface area (Å²) in [5.41, 5.74) is 0. The predicted molar refractivity (Wildman–Crippen MR) is 84.6 cm³/mol. The molecule has 0 aliphatic heterocycles. The van der Waals surface area contributed by atoms with E-state index in [-0.39, 0.29) is 34.6 Å². The average Bonchev–Trinajstić information content (AvgIpc) is 2.16. The van der Waals surface area contributed by atoms with Crippen LogP contribution in [-0.4, -0.2) is 71.2 Å². The van der Waals surface area contributed by atoms with E-state index in [2.05, 4.69) is 31.9 Å². The molecule has 2 N–H and O–H groups in total. The normalized spacial score (nSPS) is 11.2. The third-order valence-electron chi connectivity index (χ3n) is 1.57. The molecule has 0 aromatic carbocycles. The average molecular weight is 458 g/mol. The second kappa shape index (κ2) is 14.5. The molecule has 0 aromatic rings. The molecule has 0 heterocycles. The zero-order chi connectivity index (χ0) is 14.7. The van der Waals surface area contributed by atoms with Crippen molar-refractivity contribution in [2.24, 2.45) is 0 Å². The molecule has 114 valence electrons. The monoisotopic (exact) mass is 456 g/mol. The largest absolute Gasteiger partial charge is 0.286 e. The lowest BCUT2D eigenvalue weighted by Gasteiger charge is -1.92. The number of hydrogen-bond donors (Lipinski definition) is 2. The Hall–Kier alpha value is 1.55. The van der Waals surface area contributed by atoms with E-state index >= 15 is 0 Å². The van der Waals surface area contributed by atoms with Gasteiger partial charge in [0.2, 0.25) is 0 Å². The fourth-order valence-corrected chi connectivity index (χ4v) is 2.69. The van der Waals surface area contributed by atoms with E-state index in [1.54, 1.807) is 0 Å². The summed E-state index contributed by atoms with van der Waals surface area (Å²) in [6.45, 7) is 0. The summed E-state index contributed by atoms with van der Waals surface area (Å²) in [6.07, 6.45) is 2.59. The van der Waals surface area contributed by atoms with Gasteiger partial charge in [-0.15, -0.1) is 0 Å². The quantitative estimate of drug-likeness (QED) is 0.248. The second-order valence-corrected chi connectivity index (χ2v) is 8.09. The van der Waals surface area contributed by atoms with Gasteiger partial charge in [0.1, 0.15) is 0 Å². The van der Waals surface area contributed by atoms with Gasteiger partial charge in [0.05, 0.1) is 11.5 Å². The molecule has 0 fully saturated rings. The molecule has 0 aromatic heterocycles. The van der Waals surface area contributed by atoms with Gasteiger partial charge in [-0.25, -0.2) is 0 Å². The van der Waals surface area contributed by atoms with Gasteiger partial charge < -0.3 is 0 Å². The lowest BCUT2D eigenvalue weighted by atomic mass is 10.4. The zero-order valence-corrected chi connectivity index (χ0v) is 16.7. The van der Waals surface area contributed by atoms with Crippen LogP contribution >= 0.6 is 31.9 Å². The van der Waals surface area contributed by atoms with Crippen molar-refractivity contribution in [1.82, 2.24) is 0 Å². The van der Waals surface area contributed by atoms with Crippen LogP contribution in [0.15, 0.2) is 0 Å². The molecule has 0 aliphatic rings. The first-order chi connectivity index (χ1) is 8.12. The van der Waals surface area contributed by atoms with Crippen LogP contribution in [0.4, 0.5) is 0 Å². The summed E-state index contributed by atoms with van der Waals surface area (Å²) in [5, 5.41) is 1.56. The molecule has 0 saturated carbocycles. The molecule has 0 bridgehead atoms. The fourth-order valence-electron chi connectivity index (χ4n) is 0.758.